The quantitative estimate of drug-likeness (QED) is 0.771. The van der Waals surface area contributed by atoms with Gasteiger partial charge in [0.2, 0.25) is 5.91 Å². The number of carbonyl (C=O) groups is 1. The van der Waals surface area contributed by atoms with Crippen LogP contribution in [0.2, 0.25) is 0 Å². The lowest BCUT2D eigenvalue weighted by Gasteiger charge is -2.14. The Balaban J connectivity index is 0.00000162. The number of hydrogen-bond acceptors (Lipinski definition) is 3. The number of carbonyl (C=O) groups excluding carboxylic acids is 1. The van der Waals surface area contributed by atoms with E-state index < -0.39 is 0 Å². The summed E-state index contributed by atoms with van der Waals surface area (Å²) in [7, 11) is 0. The molecule has 5 heteroatoms. The van der Waals surface area contributed by atoms with Gasteiger partial charge in [0.25, 0.3) is 0 Å². The molecule has 1 aromatic carbocycles. The number of rotatable bonds is 2. The number of nitrogens with one attached hydrogen (secondary N) is 2. The molecule has 1 aromatic rings. The summed E-state index contributed by atoms with van der Waals surface area (Å²) in [5.41, 5.74) is 2.22. The summed E-state index contributed by atoms with van der Waals surface area (Å²) in [6, 6.07) is 3.54. The highest BCUT2D eigenvalue weighted by Gasteiger charge is 2.22. The van der Waals surface area contributed by atoms with Crippen LogP contribution < -0.4 is 10.6 Å². The summed E-state index contributed by atoms with van der Waals surface area (Å²) >= 11 is 0. The van der Waals surface area contributed by atoms with Crippen LogP contribution in [0.15, 0.2) is 12.1 Å². The zero-order valence-corrected chi connectivity index (χ0v) is 11.4. The third-order valence-electron chi connectivity index (χ3n) is 3.27. The molecule has 4 nitrogen and oxygen atoms in total. The van der Waals surface area contributed by atoms with E-state index >= 15 is 0 Å². The van der Waals surface area contributed by atoms with Crippen LogP contribution in [0.25, 0.3) is 0 Å². The van der Waals surface area contributed by atoms with Crippen LogP contribution in [-0.2, 0) is 4.79 Å². The molecule has 18 heavy (non-hydrogen) atoms. The lowest BCUT2D eigenvalue weighted by atomic mass is 10.1. The Labute approximate surface area is 113 Å². The maximum absolute atomic E-state index is 11.9. The van der Waals surface area contributed by atoms with Gasteiger partial charge in [-0.25, -0.2) is 0 Å². The second-order valence-corrected chi connectivity index (χ2v) is 4.54. The Morgan fingerprint density at radius 2 is 2.17 bits per heavy atom. The molecule has 3 N–H and O–H groups in total. The fourth-order valence-corrected chi connectivity index (χ4v) is 2.10. The minimum absolute atomic E-state index is 0. The van der Waals surface area contributed by atoms with Gasteiger partial charge in [-0.2, -0.15) is 0 Å². The fourth-order valence-electron chi connectivity index (χ4n) is 2.10. The maximum Gasteiger partial charge on any atom is 0.241 e. The van der Waals surface area contributed by atoms with Gasteiger partial charge in [0.1, 0.15) is 5.75 Å². The second kappa shape index (κ2) is 6.07. The molecule has 0 unspecified atom stereocenters. The Bertz CT molecular complexity index is 443. The molecule has 0 aliphatic carbocycles. The van der Waals surface area contributed by atoms with E-state index in [4.69, 9.17) is 0 Å². The first-order chi connectivity index (χ1) is 8.09. The number of phenolic OH excluding ortho intramolecular Hbond substituents is 1. The largest absolute Gasteiger partial charge is 0.507 e. The fraction of sp³-hybridized carbons (Fsp3) is 0.462. The van der Waals surface area contributed by atoms with Crippen molar-refractivity contribution < 1.29 is 9.90 Å². The molecule has 1 atom stereocenters. The molecule has 2 rings (SSSR count). The van der Waals surface area contributed by atoms with Gasteiger partial charge in [-0.05, 0) is 44.9 Å². The highest BCUT2D eigenvalue weighted by atomic mass is 35.5. The van der Waals surface area contributed by atoms with Crippen LogP contribution in [-0.4, -0.2) is 23.6 Å². The molecule has 1 aliphatic heterocycles. The van der Waals surface area contributed by atoms with E-state index in [-0.39, 0.29) is 30.1 Å². The zero-order valence-electron chi connectivity index (χ0n) is 10.6. The van der Waals surface area contributed by atoms with E-state index in [9.17, 15) is 9.90 Å². The zero-order chi connectivity index (χ0) is 12.4. The highest BCUT2D eigenvalue weighted by Crippen LogP contribution is 2.28. The Hall–Kier alpha value is -1.26. The van der Waals surface area contributed by atoms with Crippen molar-refractivity contribution in [3.05, 3.63) is 23.3 Å². The number of aromatic hydroxyl groups is 1. The summed E-state index contributed by atoms with van der Waals surface area (Å²) in [5.74, 6) is 0.232. The van der Waals surface area contributed by atoms with Gasteiger partial charge < -0.3 is 15.7 Å². The summed E-state index contributed by atoms with van der Waals surface area (Å²) in [6.45, 7) is 4.54. The van der Waals surface area contributed by atoms with Crippen molar-refractivity contribution in [2.24, 2.45) is 0 Å². The molecule has 1 fully saturated rings. The van der Waals surface area contributed by atoms with E-state index in [1.165, 1.54) is 0 Å². The third kappa shape index (κ3) is 2.94. The van der Waals surface area contributed by atoms with Crippen molar-refractivity contribution in [2.45, 2.75) is 32.7 Å². The van der Waals surface area contributed by atoms with Gasteiger partial charge in [-0.3, -0.25) is 4.79 Å². The van der Waals surface area contributed by atoms with Crippen LogP contribution in [0, 0.1) is 13.8 Å². The molecule has 1 heterocycles. The molecule has 1 amide bonds. The Kier molecular flexibility index (Phi) is 4.99. The summed E-state index contributed by atoms with van der Waals surface area (Å²) < 4.78 is 0. The number of amides is 1. The predicted octanol–water partition coefficient (Wildman–Crippen LogP) is 2.12. The molecule has 100 valence electrons. The Morgan fingerprint density at radius 1 is 1.44 bits per heavy atom. The highest BCUT2D eigenvalue weighted by molar-refractivity contribution is 5.96. The van der Waals surface area contributed by atoms with Crippen molar-refractivity contribution in [1.29, 1.82) is 0 Å². The first-order valence-corrected chi connectivity index (χ1v) is 5.93. The Morgan fingerprint density at radius 3 is 2.78 bits per heavy atom. The van der Waals surface area contributed by atoms with Crippen molar-refractivity contribution in [3.63, 3.8) is 0 Å². The van der Waals surface area contributed by atoms with Crippen LogP contribution in [0.3, 0.4) is 0 Å². The molecule has 1 aliphatic rings. The van der Waals surface area contributed by atoms with Gasteiger partial charge >= 0.3 is 0 Å². The van der Waals surface area contributed by atoms with Gasteiger partial charge in [0.15, 0.2) is 0 Å². The summed E-state index contributed by atoms with van der Waals surface area (Å²) in [5, 5.41) is 15.8. The molecular formula is C13H19ClN2O2. The number of aryl methyl sites for hydroxylation is 1. The van der Waals surface area contributed by atoms with E-state index in [1.54, 1.807) is 13.0 Å². The second-order valence-electron chi connectivity index (χ2n) is 4.54. The van der Waals surface area contributed by atoms with E-state index in [0.717, 1.165) is 30.5 Å². The molecular weight excluding hydrogens is 252 g/mol. The van der Waals surface area contributed by atoms with Crippen molar-refractivity contribution in [1.82, 2.24) is 5.32 Å². The normalized spacial score (nSPS) is 18.2. The summed E-state index contributed by atoms with van der Waals surface area (Å²) in [4.78, 5) is 11.9. The number of benzene rings is 1. The SMILES string of the molecule is Cc1ccc(NC(=O)[C@@H]2CCCN2)c(C)c1O.Cl. The molecule has 0 spiro atoms. The number of hydrogen-bond donors (Lipinski definition) is 3. The van der Waals surface area contributed by atoms with Crippen molar-refractivity contribution in [3.8, 4) is 5.75 Å². The minimum atomic E-state index is -0.0992. The molecule has 0 aromatic heterocycles. The lowest BCUT2D eigenvalue weighted by Crippen LogP contribution is -2.35. The van der Waals surface area contributed by atoms with E-state index in [2.05, 4.69) is 10.6 Å². The average molecular weight is 271 g/mol. The standard InChI is InChI=1S/C13H18N2O2.ClH/c1-8-5-6-10(9(2)12(8)16)15-13(17)11-4-3-7-14-11;/h5-6,11,14,16H,3-4,7H2,1-2H3,(H,15,17);1H/t11-;/m0./s1. The monoisotopic (exact) mass is 270 g/mol. The number of anilines is 1. The van der Waals surface area contributed by atoms with Crippen LogP contribution in [0.1, 0.15) is 24.0 Å². The van der Waals surface area contributed by atoms with Gasteiger partial charge in [0.05, 0.1) is 6.04 Å². The minimum Gasteiger partial charge on any atom is -0.507 e. The van der Waals surface area contributed by atoms with Crippen molar-refractivity contribution >= 4 is 24.0 Å². The maximum atomic E-state index is 11.9. The first kappa shape index (κ1) is 14.8. The van der Waals surface area contributed by atoms with Crippen molar-refractivity contribution in [2.75, 3.05) is 11.9 Å². The predicted molar refractivity (Wildman–Crippen MR) is 74.5 cm³/mol. The van der Waals surface area contributed by atoms with Gasteiger partial charge in [-0.1, -0.05) is 6.07 Å². The number of halogens is 1. The van der Waals surface area contributed by atoms with Gasteiger partial charge in [0, 0.05) is 11.3 Å². The molecule has 1 saturated heterocycles. The lowest BCUT2D eigenvalue weighted by molar-refractivity contribution is -0.117. The van der Waals surface area contributed by atoms with Crippen LogP contribution in [0.5, 0.6) is 5.75 Å². The third-order valence-corrected chi connectivity index (χ3v) is 3.27. The molecule has 0 bridgehead atoms. The van der Waals surface area contributed by atoms with E-state index in [0.29, 0.717) is 5.69 Å². The molecule has 0 saturated carbocycles. The average Bonchev–Trinajstić information content (AvgIpc) is 2.83. The first-order valence-electron chi connectivity index (χ1n) is 5.93. The van der Waals surface area contributed by atoms with Crippen LogP contribution >= 0.6 is 12.4 Å². The number of phenols is 1. The molecule has 0 radical (unpaired) electrons. The van der Waals surface area contributed by atoms with E-state index in [1.807, 2.05) is 13.0 Å². The van der Waals surface area contributed by atoms with Crippen LogP contribution in [0.4, 0.5) is 5.69 Å². The summed E-state index contributed by atoms with van der Waals surface area (Å²) in [6.07, 6.45) is 1.92. The smallest absolute Gasteiger partial charge is 0.241 e. The van der Waals surface area contributed by atoms with Gasteiger partial charge in [-0.15, -0.1) is 12.4 Å². The topological polar surface area (TPSA) is 61.4 Å².